The number of aryl methyl sites for hydroxylation is 1. The first kappa shape index (κ1) is 30.3. The van der Waals surface area contributed by atoms with E-state index in [1.54, 1.807) is 43.3 Å². The summed E-state index contributed by atoms with van der Waals surface area (Å²) in [5.41, 5.74) is 2.44. The predicted octanol–water partition coefficient (Wildman–Crippen LogP) is 5.81. The lowest BCUT2D eigenvalue weighted by molar-refractivity contribution is -0.125. The van der Waals surface area contributed by atoms with Gasteiger partial charge in [0.05, 0.1) is 23.2 Å². The lowest BCUT2D eigenvalue weighted by atomic mass is 9.56. The molecular formula is C35H27Cl2FN2O6. The molecule has 0 spiro atoms. The van der Waals surface area contributed by atoms with Gasteiger partial charge in [-0.15, -0.1) is 23.2 Å². The average molecular weight is 662 g/mol. The number of amides is 4. The average Bonchev–Trinajstić information content (AvgIpc) is 3.37. The highest BCUT2D eigenvalue weighted by Crippen LogP contribution is 2.66. The van der Waals surface area contributed by atoms with Gasteiger partial charge in [0.2, 0.25) is 11.8 Å². The lowest BCUT2D eigenvalue weighted by Crippen LogP contribution is -2.60. The summed E-state index contributed by atoms with van der Waals surface area (Å²) in [5, 5.41) is 10.3. The standard InChI is InChI=1S/C35H27Cl2FN2O6/c1-17-15-20(5-14-27(17)42)29-24-12-13-25-28(31(44)39(30(25)43)22-8-3-19(4-9-22)18(2)41)26(24)16-34(36)32(45)40(33(46)35(29,34)37)23-10-6-21(38)7-11-23/h3-12,14-15,25-26,28-29,42H,13,16H2,1-2H3. The molecule has 3 aromatic carbocycles. The van der Waals surface area contributed by atoms with Crippen molar-refractivity contribution in [3.05, 3.63) is 101 Å². The molecule has 4 amide bonds. The Hall–Kier alpha value is -4.34. The number of ketones is 1. The first-order valence-corrected chi connectivity index (χ1v) is 15.6. The topological polar surface area (TPSA) is 112 Å². The number of aromatic hydroxyl groups is 1. The van der Waals surface area contributed by atoms with Gasteiger partial charge in [-0.25, -0.2) is 9.29 Å². The van der Waals surface area contributed by atoms with Gasteiger partial charge in [0.1, 0.15) is 11.6 Å². The maximum Gasteiger partial charge on any atom is 0.258 e. The highest BCUT2D eigenvalue weighted by Gasteiger charge is 2.76. The van der Waals surface area contributed by atoms with Crippen molar-refractivity contribution < 1.29 is 33.5 Å². The summed E-state index contributed by atoms with van der Waals surface area (Å²) in [6, 6.07) is 15.8. The van der Waals surface area contributed by atoms with E-state index in [1.807, 2.05) is 6.08 Å². The van der Waals surface area contributed by atoms with Crippen molar-refractivity contribution in [2.45, 2.75) is 42.4 Å². The Balaban J connectivity index is 1.37. The van der Waals surface area contributed by atoms with Crippen LogP contribution < -0.4 is 9.80 Å². The van der Waals surface area contributed by atoms with Gasteiger partial charge in [-0.3, -0.25) is 28.9 Å². The molecule has 234 valence electrons. The number of phenolic OH excluding ortho intramolecular Hbond substituents is 1. The van der Waals surface area contributed by atoms with Crippen LogP contribution in [-0.4, -0.2) is 44.3 Å². The molecule has 1 saturated carbocycles. The Morgan fingerprint density at radius 1 is 0.870 bits per heavy atom. The van der Waals surface area contributed by atoms with E-state index in [0.717, 1.165) is 21.9 Å². The molecule has 7 rings (SSSR count). The van der Waals surface area contributed by atoms with E-state index in [2.05, 4.69) is 0 Å². The van der Waals surface area contributed by atoms with Gasteiger partial charge in [0.15, 0.2) is 15.5 Å². The van der Waals surface area contributed by atoms with Gasteiger partial charge in [0.25, 0.3) is 11.8 Å². The molecule has 2 aliphatic carbocycles. The minimum atomic E-state index is -2.06. The second-order valence-electron chi connectivity index (χ2n) is 12.4. The summed E-state index contributed by atoms with van der Waals surface area (Å²) in [7, 11) is 0. The Morgan fingerprint density at radius 2 is 1.50 bits per heavy atom. The quantitative estimate of drug-likeness (QED) is 0.164. The Labute approximate surface area is 273 Å². The Bertz CT molecular complexity index is 1910. The number of imide groups is 2. The fourth-order valence-corrected chi connectivity index (χ4v) is 8.67. The highest BCUT2D eigenvalue weighted by atomic mass is 35.5. The summed E-state index contributed by atoms with van der Waals surface area (Å²) < 4.78 is 13.8. The number of rotatable bonds is 4. The van der Waals surface area contributed by atoms with E-state index in [-0.39, 0.29) is 30.1 Å². The van der Waals surface area contributed by atoms with E-state index in [9.17, 15) is 33.5 Å². The fourth-order valence-electron chi connectivity index (χ4n) is 7.73. The van der Waals surface area contributed by atoms with E-state index in [0.29, 0.717) is 28.0 Å². The number of phenols is 1. The number of fused-ring (bicyclic) bond motifs is 4. The zero-order valence-corrected chi connectivity index (χ0v) is 26.2. The third-order valence-corrected chi connectivity index (χ3v) is 11.4. The van der Waals surface area contributed by atoms with E-state index in [4.69, 9.17) is 23.2 Å². The molecule has 8 nitrogen and oxygen atoms in total. The number of allylic oxidation sites excluding steroid dienone is 2. The maximum absolute atomic E-state index is 14.4. The van der Waals surface area contributed by atoms with Crippen LogP contribution in [0.2, 0.25) is 0 Å². The minimum absolute atomic E-state index is 0.0133. The molecule has 4 aliphatic rings. The predicted molar refractivity (Wildman–Crippen MR) is 168 cm³/mol. The molecule has 1 N–H and O–H groups in total. The largest absolute Gasteiger partial charge is 0.508 e. The van der Waals surface area contributed by atoms with Gasteiger partial charge in [-0.2, -0.15) is 0 Å². The van der Waals surface area contributed by atoms with Crippen molar-refractivity contribution in [2.24, 2.45) is 17.8 Å². The van der Waals surface area contributed by atoms with Crippen LogP contribution in [0.5, 0.6) is 5.75 Å². The van der Waals surface area contributed by atoms with Crippen molar-refractivity contribution >= 4 is 64.0 Å². The molecule has 2 heterocycles. The lowest BCUT2D eigenvalue weighted by Gasteiger charge is -2.50. The van der Waals surface area contributed by atoms with Crippen LogP contribution in [0.4, 0.5) is 15.8 Å². The molecular weight excluding hydrogens is 634 g/mol. The molecule has 0 radical (unpaired) electrons. The van der Waals surface area contributed by atoms with Gasteiger partial charge in [-0.05, 0) is 98.3 Å². The van der Waals surface area contributed by atoms with Crippen molar-refractivity contribution in [1.82, 2.24) is 0 Å². The number of benzene rings is 3. The van der Waals surface area contributed by atoms with E-state index in [1.165, 1.54) is 25.1 Å². The monoisotopic (exact) mass is 660 g/mol. The third-order valence-electron chi connectivity index (χ3n) is 9.98. The molecule has 6 atom stereocenters. The number of Topliss-reactive ketones (excluding diaryl/α,β-unsaturated/α-hetero) is 1. The molecule has 0 bridgehead atoms. The smallest absolute Gasteiger partial charge is 0.258 e. The first-order valence-electron chi connectivity index (χ1n) is 14.8. The Morgan fingerprint density at radius 3 is 2.13 bits per heavy atom. The summed E-state index contributed by atoms with van der Waals surface area (Å²) in [6.07, 6.45) is 1.80. The number of hydrogen-bond donors (Lipinski definition) is 1. The van der Waals surface area contributed by atoms with Crippen LogP contribution in [-0.2, 0) is 19.2 Å². The molecule has 3 aromatic rings. The van der Waals surface area contributed by atoms with Crippen LogP contribution >= 0.6 is 23.2 Å². The fraction of sp³-hybridized carbons (Fsp3) is 0.286. The molecule has 3 fully saturated rings. The minimum Gasteiger partial charge on any atom is -0.508 e. The first-order chi connectivity index (χ1) is 21.8. The molecule has 11 heteroatoms. The van der Waals surface area contributed by atoms with E-state index < -0.39 is 62.9 Å². The number of halogens is 3. The molecule has 6 unspecified atom stereocenters. The van der Waals surface area contributed by atoms with Crippen molar-refractivity contribution in [1.29, 1.82) is 0 Å². The van der Waals surface area contributed by atoms with Gasteiger partial charge in [-0.1, -0.05) is 23.8 Å². The summed E-state index contributed by atoms with van der Waals surface area (Å²) in [5.74, 6) is -6.61. The maximum atomic E-state index is 14.4. The summed E-state index contributed by atoms with van der Waals surface area (Å²) in [4.78, 5) is 66.4. The molecule has 0 aromatic heterocycles. The van der Waals surface area contributed by atoms with Gasteiger partial charge >= 0.3 is 0 Å². The summed E-state index contributed by atoms with van der Waals surface area (Å²) >= 11 is 14.7. The van der Waals surface area contributed by atoms with Gasteiger partial charge < -0.3 is 5.11 Å². The Kier molecular flexibility index (Phi) is 6.81. The van der Waals surface area contributed by atoms with Crippen LogP contribution in [0.1, 0.15) is 47.2 Å². The normalized spacial score (nSPS) is 30.2. The van der Waals surface area contributed by atoms with E-state index >= 15 is 0 Å². The number of alkyl halides is 2. The number of carbonyl (C=O) groups is 5. The number of carbonyl (C=O) groups excluding carboxylic acids is 5. The van der Waals surface area contributed by atoms with Gasteiger partial charge in [0, 0.05) is 11.5 Å². The highest BCUT2D eigenvalue weighted by molar-refractivity contribution is 6.58. The third kappa shape index (κ3) is 4.00. The second-order valence-corrected chi connectivity index (χ2v) is 13.7. The van der Waals surface area contributed by atoms with Crippen LogP contribution in [0.3, 0.4) is 0 Å². The zero-order valence-electron chi connectivity index (χ0n) is 24.7. The molecule has 2 saturated heterocycles. The molecule has 46 heavy (non-hydrogen) atoms. The molecule has 2 aliphatic heterocycles. The van der Waals surface area contributed by atoms with Crippen molar-refractivity contribution in [3.8, 4) is 5.75 Å². The number of nitrogens with zero attached hydrogens (tertiary/aromatic N) is 2. The zero-order chi connectivity index (χ0) is 32.9. The van der Waals surface area contributed by atoms with Crippen LogP contribution in [0.25, 0.3) is 0 Å². The van der Waals surface area contributed by atoms with Crippen molar-refractivity contribution in [2.75, 3.05) is 9.80 Å². The van der Waals surface area contributed by atoms with Crippen LogP contribution in [0, 0.1) is 30.5 Å². The number of anilines is 2. The summed E-state index contributed by atoms with van der Waals surface area (Å²) in [6.45, 7) is 3.10. The van der Waals surface area contributed by atoms with Crippen molar-refractivity contribution in [3.63, 3.8) is 0 Å². The SMILES string of the molecule is CC(=O)c1ccc(N2C(=O)C3CC=C4C(CC5(Cl)C(=O)N(c6ccc(F)cc6)C(=O)C5(Cl)C4c4ccc(O)c(C)c4)C3C2=O)cc1. The second kappa shape index (κ2) is 10.3. The number of hydrogen-bond acceptors (Lipinski definition) is 6. The van der Waals surface area contributed by atoms with Crippen LogP contribution in [0.15, 0.2) is 78.4 Å².